The Bertz CT molecular complexity index is 1020. The Morgan fingerprint density at radius 2 is 1.78 bits per heavy atom. The lowest BCUT2D eigenvalue weighted by atomic mass is 10.1. The van der Waals surface area contributed by atoms with Crippen LogP contribution in [-0.2, 0) is 4.79 Å². The van der Waals surface area contributed by atoms with E-state index in [-0.39, 0.29) is 22.7 Å². The first-order valence-corrected chi connectivity index (χ1v) is 8.61. The van der Waals surface area contributed by atoms with Crippen molar-refractivity contribution in [2.24, 2.45) is 5.92 Å². The van der Waals surface area contributed by atoms with Crippen LogP contribution in [0.2, 0.25) is 5.02 Å². The lowest BCUT2D eigenvalue weighted by Gasteiger charge is -2.18. The van der Waals surface area contributed by atoms with Crippen LogP contribution in [0, 0.1) is 5.92 Å². The van der Waals surface area contributed by atoms with Gasteiger partial charge in [0.15, 0.2) is 6.10 Å². The van der Waals surface area contributed by atoms with E-state index in [9.17, 15) is 14.7 Å². The fraction of sp³-hybridized carbons (Fsp3) is 0.200. The molecule has 6 nitrogen and oxygen atoms in total. The molecule has 1 atom stereocenters. The van der Waals surface area contributed by atoms with Gasteiger partial charge in [-0.1, -0.05) is 25.4 Å². The van der Waals surface area contributed by atoms with Gasteiger partial charge in [0.05, 0.1) is 5.39 Å². The standard InChI is InChI=1S/C20H17ClO6/c1-11(2)19(20(23)24)27-14-7-8-15-16(9-14)25-10-17(18(15)22)26-13-5-3-12(21)4-6-13/h3-11,19H,1-2H3,(H,23,24). The normalized spacial score (nSPS) is 12.1. The summed E-state index contributed by atoms with van der Waals surface area (Å²) >= 11 is 5.83. The van der Waals surface area contributed by atoms with Crippen LogP contribution in [0.15, 0.2) is 57.9 Å². The fourth-order valence-electron chi connectivity index (χ4n) is 2.48. The highest BCUT2D eigenvalue weighted by Gasteiger charge is 2.23. The molecular weight excluding hydrogens is 372 g/mol. The van der Waals surface area contributed by atoms with Crippen LogP contribution in [-0.4, -0.2) is 17.2 Å². The number of rotatable bonds is 6. The van der Waals surface area contributed by atoms with Crippen LogP contribution in [0.3, 0.4) is 0 Å². The minimum Gasteiger partial charge on any atom is -0.478 e. The number of carboxylic acids is 1. The van der Waals surface area contributed by atoms with Gasteiger partial charge in [0.2, 0.25) is 11.2 Å². The number of carbonyl (C=O) groups is 1. The molecule has 1 aromatic heterocycles. The highest BCUT2D eigenvalue weighted by Crippen LogP contribution is 2.26. The predicted molar refractivity (Wildman–Crippen MR) is 101 cm³/mol. The van der Waals surface area contributed by atoms with Crippen molar-refractivity contribution in [3.63, 3.8) is 0 Å². The average molecular weight is 389 g/mol. The van der Waals surface area contributed by atoms with E-state index in [1.54, 1.807) is 38.1 Å². The molecule has 0 saturated heterocycles. The first-order valence-electron chi connectivity index (χ1n) is 8.23. The quantitative estimate of drug-likeness (QED) is 0.657. The van der Waals surface area contributed by atoms with Crippen LogP contribution in [0.4, 0.5) is 0 Å². The van der Waals surface area contributed by atoms with Crippen molar-refractivity contribution >= 4 is 28.5 Å². The van der Waals surface area contributed by atoms with Gasteiger partial charge in [-0.15, -0.1) is 0 Å². The number of hydrogen-bond acceptors (Lipinski definition) is 5. The van der Waals surface area contributed by atoms with Crippen molar-refractivity contribution < 1.29 is 23.8 Å². The van der Waals surface area contributed by atoms with E-state index < -0.39 is 12.1 Å². The SMILES string of the molecule is CC(C)C(Oc1ccc2c(=O)c(Oc3ccc(Cl)cc3)coc2c1)C(=O)O. The number of carboxylic acid groups (broad SMARTS) is 1. The van der Waals surface area contributed by atoms with Crippen molar-refractivity contribution in [3.8, 4) is 17.2 Å². The zero-order valence-corrected chi connectivity index (χ0v) is 15.4. The zero-order valence-electron chi connectivity index (χ0n) is 14.6. The molecular formula is C20H17ClO6. The van der Waals surface area contributed by atoms with Gasteiger partial charge in [-0.05, 0) is 36.4 Å². The van der Waals surface area contributed by atoms with E-state index in [1.165, 1.54) is 24.5 Å². The molecule has 0 spiro atoms. The second kappa shape index (κ2) is 7.72. The Morgan fingerprint density at radius 1 is 1.11 bits per heavy atom. The maximum atomic E-state index is 12.6. The zero-order chi connectivity index (χ0) is 19.6. The van der Waals surface area contributed by atoms with E-state index in [1.807, 2.05) is 0 Å². The number of benzene rings is 2. The highest BCUT2D eigenvalue weighted by atomic mass is 35.5. The lowest BCUT2D eigenvalue weighted by molar-refractivity contribution is -0.147. The summed E-state index contributed by atoms with van der Waals surface area (Å²) < 4.78 is 16.6. The molecule has 7 heteroatoms. The number of hydrogen-bond donors (Lipinski definition) is 1. The largest absolute Gasteiger partial charge is 0.478 e. The van der Waals surface area contributed by atoms with Crippen molar-refractivity contribution in [2.75, 3.05) is 0 Å². The Hall–Kier alpha value is -2.99. The van der Waals surface area contributed by atoms with Gasteiger partial charge in [-0.25, -0.2) is 4.79 Å². The summed E-state index contributed by atoms with van der Waals surface area (Å²) in [6.07, 6.45) is 0.210. The number of halogens is 1. The Morgan fingerprint density at radius 3 is 2.41 bits per heavy atom. The second-order valence-corrected chi connectivity index (χ2v) is 6.70. The third-order valence-corrected chi connectivity index (χ3v) is 4.12. The molecule has 0 bridgehead atoms. The fourth-order valence-corrected chi connectivity index (χ4v) is 2.61. The minimum absolute atomic E-state index is 0.0316. The molecule has 0 aliphatic carbocycles. The first-order chi connectivity index (χ1) is 12.8. The number of fused-ring (bicyclic) bond motifs is 1. The monoisotopic (exact) mass is 388 g/mol. The van der Waals surface area contributed by atoms with E-state index in [2.05, 4.69) is 0 Å². The lowest BCUT2D eigenvalue weighted by Crippen LogP contribution is -2.32. The highest BCUT2D eigenvalue weighted by molar-refractivity contribution is 6.30. The van der Waals surface area contributed by atoms with Gasteiger partial charge in [-0.2, -0.15) is 0 Å². The Balaban J connectivity index is 1.90. The molecule has 3 aromatic rings. The van der Waals surface area contributed by atoms with Gasteiger partial charge in [0, 0.05) is 17.0 Å². The van der Waals surface area contributed by atoms with E-state index in [0.29, 0.717) is 21.9 Å². The van der Waals surface area contributed by atoms with Gasteiger partial charge in [0.1, 0.15) is 23.3 Å². The molecule has 140 valence electrons. The average Bonchev–Trinajstić information content (AvgIpc) is 2.63. The van der Waals surface area contributed by atoms with Crippen molar-refractivity contribution in [3.05, 3.63) is 64.0 Å². The predicted octanol–water partition coefficient (Wildman–Crippen LogP) is 4.73. The third kappa shape index (κ3) is 4.23. The summed E-state index contributed by atoms with van der Waals surface area (Å²) in [5.74, 6) is -0.493. The van der Waals surface area contributed by atoms with E-state index >= 15 is 0 Å². The summed E-state index contributed by atoms with van der Waals surface area (Å²) in [6, 6.07) is 11.1. The Labute approximate surface area is 159 Å². The maximum Gasteiger partial charge on any atom is 0.345 e. The van der Waals surface area contributed by atoms with E-state index in [0.717, 1.165) is 0 Å². The third-order valence-electron chi connectivity index (χ3n) is 3.87. The van der Waals surface area contributed by atoms with Crippen LogP contribution >= 0.6 is 11.6 Å². The van der Waals surface area contributed by atoms with E-state index in [4.69, 9.17) is 25.5 Å². The summed E-state index contributed by atoms with van der Waals surface area (Å²) in [4.78, 5) is 23.9. The van der Waals surface area contributed by atoms with Crippen LogP contribution in [0.1, 0.15) is 13.8 Å². The molecule has 1 unspecified atom stereocenters. The van der Waals surface area contributed by atoms with Crippen LogP contribution in [0.5, 0.6) is 17.2 Å². The molecule has 0 aliphatic rings. The second-order valence-electron chi connectivity index (χ2n) is 6.26. The summed E-state index contributed by atoms with van der Waals surface area (Å²) in [6.45, 7) is 3.50. The summed E-state index contributed by atoms with van der Waals surface area (Å²) in [5, 5.41) is 10.1. The number of aliphatic carboxylic acids is 1. The summed E-state index contributed by atoms with van der Waals surface area (Å²) in [7, 11) is 0. The van der Waals surface area contributed by atoms with Gasteiger partial charge < -0.3 is 19.0 Å². The summed E-state index contributed by atoms with van der Waals surface area (Å²) in [5.41, 5.74) is -0.0785. The topological polar surface area (TPSA) is 86.0 Å². The molecule has 27 heavy (non-hydrogen) atoms. The first kappa shape index (κ1) is 18.8. The Kier molecular flexibility index (Phi) is 5.37. The van der Waals surface area contributed by atoms with Crippen molar-refractivity contribution in [2.45, 2.75) is 20.0 Å². The molecule has 0 saturated carbocycles. The van der Waals surface area contributed by atoms with Gasteiger partial charge in [-0.3, -0.25) is 4.79 Å². The molecule has 0 radical (unpaired) electrons. The molecule has 3 rings (SSSR count). The van der Waals surface area contributed by atoms with Gasteiger partial charge in [0.25, 0.3) is 0 Å². The molecule has 1 heterocycles. The van der Waals surface area contributed by atoms with Crippen LogP contribution < -0.4 is 14.9 Å². The van der Waals surface area contributed by atoms with Crippen molar-refractivity contribution in [1.82, 2.24) is 0 Å². The smallest absolute Gasteiger partial charge is 0.345 e. The molecule has 1 N–H and O–H groups in total. The molecule has 0 aliphatic heterocycles. The molecule has 0 amide bonds. The molecule has 0 fully saturated rings. The van der Waals surface area contributed by atoms with Gasteiger partial charge >= 0.3 is 5.97 Å². The molecule has 2 aromatic carbocycles. The minimum atomic E-state index is -1.06. The number of ether oxygens (including phenoxy) is 2. The maximum absolute atomic E-state index is 12.6. The van der Waals surface area contributed by atoms with Crippen LogP contribution in [0.25, 0.3) is 11.0 Å². The van der Waals surface area contributed by atoms with Crippen molar-refractivity contribution in [1.29, 1.82) is 0 Å².